The molecule has 0 saturated heterocycles. The van der Waals surface area contributed by atoms with E-state index < -0.39 is 0 Å². The van der Waals surface area contributed by atoms with Crippen LogP contribution in [0.3, 0.4) is 0 Å². The number of hydrogen-bond donors (Lipinski definition) is 2. The first-order valence-corrected chi connectivity index (χ1v) is 6.31. The van der Waals surface area contributed by atoms with Crippen LogP contribution in [-0.4, -0.2) is 21.7 Å². The molecule has 0 fully saturated rings. The maximum Gasteiger partial charge on any atom is 0.276 e. The van der Waals surface area contributed by atoms with Crippen molar-refractivity contribution in [2.75, 3.05) is 11.1 Å². The number of thiazole rings is 2. The van der Waals surface area contributed by atoms with Gasteiger partial charge in [0.15, 0.2) is 16.0 Å². The molecule has 0 atom stereocenters. The van der Waals surface area contributed by atoms with Crippen LogP contribution < -0.4 is 11.1 Å². The third kappa shape index (κ3) is 2.66. The van der Waals surface area contributed by atoms with E-state index in [0.29, 0.717) is 16.0 Å². The minimum absolute atomic E-state index is 0.139. The van der Waals surface area contributed by atoms with E-state index in [-0.39, 0.29) is 17.4 Å². The van der Waals surface area contributed by atoms with Crippen molar-refractivity contribution in [2.24, 2.45) is 0 Å². The monoisotopic (exact) mass is 268 g/mol. The maximum atomic E-state index is 11.7. The lowest BCUT2D eigenvalue weighted by molar-refractivity contribution is 0.100. The zero-order valence-electron chi connectivity index (χ0n) is 8.76. The molecule has 3 N–H and O–H groups in total. The number of nitrogens with one attached hydrogen (secondary N) is 1. The van der Waals surface area contributed by atoms with Crippen LogP contribution in [0.1, 0.15) is 27.9 Å². The van der Waals surface area contributed by atoms with E-state index in [1.54, 1.807) is 10.8 Å². The quantitative estimate of drug-likeness (QED) is 0.824. The van der Waals surface area contributed by atoms with Gasteiger partial charge >= 0.3 is 0 Å². The summed E-state index contributed by atoms with van der Waals surface area (Å²) in [6.45, 7) is 1.42. The minimum Gasteiger partial charge on any atom is -0.375 e. The molecule has 0 saturated carbocycles. The highest BCUT2D eigenvalue weighted by Crippen LogP contribution is 2.18. The molecule has 2 rings (SSSR count). The molecule has 0 aliphatic heterocycles. The van der Waals surface area contributed by atoms with Crippen LogP contribution in [0.4, 0.5) is 10.3 Å². The Labute approximate surface area is 105 Å². The number of aromatic nitrogens is 2. The van der Waals surface area contributed by atoms with Crippen LogP contribution in [0.2, 0.25) is 0 Å². The second-order valence-electron chi connectivity index (χ2n) is 3.12. The van der Waals surface area contributed by atoms with E-state index >= 15 is 0 Å². The van der Waals surface area contributed by atoms with Crippen molar-refractivity contribution < 1.29 is 9.59 Å². The molecule has 0 bridgehead atoms. The second kappa shape index (κ2) is 4.60. The second-order valence-corrected chi connectivity index (χ2v) is 4.87. The fourth-order valence-corrected chi connectivity index (χ4v) is 2.33. The molecule has 0 spiro atoms. The molecule has 17 heavy (non-hydrogen) atoms. The summed E-state index contributed by atoms with van der Waals surface area (Å²) in [4.78, 5) is 30.5. The predicted octanol–water partition coefficient (Wildman–Crippen LogP) is 1.64. The summed E-state index contributed by atoms with van der Waals surface area (Å²) in [6, 6.07) is 0. The molecule has 88 valence electrons. The van der Waals surface area contributed by atoms with Crippen LogP contribution in [0.5, 0.6) is 0 Å². The molecule has 1 amide bonds. The highest BCUT2D eigenvalue weighted by Gasteiger charge is 2.13. The largest absolute Gasteiger partial charge is 0.375 e. The van der Waals surface area contributed by atoms with Crippen molar-refractivity contribution in [3.63, 3.8) is 0 Å². The number of ketones is 1. The van der Waals surface area contributed by atoms with Crippen LogP contribution in [0, 0.1) is 0 Å². The Balaban J connectivity index is 2.10. The summed E-state index contributed by atoms with van der Waals surface area (Å²) in [6.07, 6.45) is 0. The van der Waals surface area contributed by atoms with Gasteiger partial charge in [0.05, 0.1) is 0 Å². The average molecular weight is 268 g/mol. The minimum atomic E-state index is -0.387. The average Bonchev–Trinajstić information content (AvgIpc) is 2.86. The van der Waals surface area contributed by atoms with Gasteiger partial charge in [-0.1, -0.05) is 0 Å². The Kier molecular flexibility index (Phi) is 3.16. The standard InChI is InChI=1S/C9H8N4O2S2/c1-4(14)5-2-17-9(12-5)13-7(15)6-3-16-8(10)11-6/h2-3H,1H3,(H2,10,11)(H,12,13,15). The van der Waals surface area contributed by atoms with Gasteiger partial charge in [0.2, 0.25) is 0 Å². The van der Waals surface area contributed by atoms with Crippen molar-refractivity contribution in [3.8, 4) is 0 Å². The molecule has 2 heterocycles. The van der Waals surface area contributed by atoms with E-state index in [1.807, 2.05) is 0 Å². The Morgan fingerprint density at radius 3 is 2.47 bits per heavy atom. The Morgan fingerprint density at radius 2 is 1.94 bits per heavy atom. The molecule has 0 unspecified atom stereocenters. The molecule has 8 heteroatoms. The molecule has 0 aromatic carbocycles. The number of nitrogens with zero attached hydrogens (tertiary/aromatic N) is 2. The lowest BCUT2D eigenvalue weighted by Gasteiger charge is -1.96. The molecule has 0 aliphatic rings. The van der Waals surface area contributed by atoms with Gasteiger partial charge in [0, 0.05) is 17.7 Å². The molecular formula is C9H8N4O2S2. The fourth-order valence-electron chi connectivity index (χ4n) is 1.05. The summed E-state index contributed by atoms with van der Waals surface area (Å²) in [7, 11) is 0. The summed E-state index contributed by atoms with van der Waals surface area (Å²) in [5.41, 5.74) is 6.00. The first kappa shape index (κ1) is 11.7. The van der Waals surface area contributed by atoms with Gasteiger partial charge in [0.25, 0.3) is 5.91 Å². The van der Waals surface area contributed by atoms with Gasteiger partial charge in [-0.3, -0.25) is 14.9 Å². The van der Waals surface area contributed by atoms with Crippen LogP contribution in [0.25, 0.3) is 0 Å². The summed E-state index contributed by atoms with van der Waals surface area (Å²) in [5.74, 6) is -0.526. The molecule has 2 aromatic rings. The van der Waals surface area contributed by atoms with E-state index in [2.05, 4.69) is 15.3 Å². The lowest BCUT2D eigenvalue weighted by Crippen LogP contribution is -2.12. The number of anilines is 2. The van der Waals surface area contributed by atoms with Crippen LogP contribution in [-0.2, 0) is 0 Å². The normalized spacial score (nSPS) is 10.2. The van der Waals surface area contributed by atoms with E-state index in [0.717, 1.165) is 0 Å². The Hall–Kier alpha value is -1.80. The van der Waals surface area contributed by atoms with Crippen molar-refractivity contribution in [2.45, 2.75) is 6.92 Å². The molecular weight excluding hydrogens is 260 g/mol. The zero-order valence-corrected chi connectivity index (χ0v) is 10.4. The SMILES string of the molecule is CC(=O)c1csc(NC(=O)c2csc(N)n2)n1. The van der Waals surface area contributed by atoms with E-state index in [1.165, 1.54) is 29.6 Å². The van der Waals surface area contributed by atoms with Gasteiger partial charge in [-0.05, 0) is 0 Å². The van der Waals surface area contributed by atoms with Gasteiger partial charge in [-0.25, -0.2) is 9.97 Å². The van der Waals surface area contributed by atoms with Gasteiger partial charge in [0.1, 0.15) is 11.4 Å². The Morgan fingerprint density at radius 1 is 1.24 bits per heavy atom. The molecule has 2 aromatic heterocycles. The number of carbonyl (C=O) groups is 2. The number of Topliss-reactive ketones (excluding diaryl/α,β-unsaturated/α-hetero) is 1. The predicted molar refractivity (Wildman–Crippen MR) is 66.6 cm³/mol. The van der Waals surface area contributed by atoms with Crippen LogP contribution >= 0.6 is 22.7 Å². The summed E-state index contributed by atoms with van der Waals surface area (Å²) < 4.78 is 0. The maximum absolute atomic E-state index is 11.7. The number of hydrogen-bond acceptors (Lipinski definition) is 7. The van der Waals surface area contributed by atoms with E-state index in [4.69, 9.17) is 5.73 Å². The van der Waals surface area contributed by atoms with Crippen LogP contribution in [0.15, 0.2) is 10.8 Å². The number of nitrogen functional groups attached to an aromatic ring is 1. The van der Waals surface area contributed by atoms with Gasteiger partial charge in [-0.15, -0.1) is 22.7 Å². The molecule has 6 nitrogen and oxygen atoms in total. The van der Waals surface area contributed by atoms with Crippen molar-refractivity contribution in [1.82, 2.24) is 9.97 Å². The topological polar surface area (TPSA) is 98.0 Å². The van der Waals surface area contributed by atoms with Gasteiger partial charge in [-0.2, -0.15) is 0 Å². The van der Waals surface area contributed by atoms with Crippen molar-refractivity contribution in [1.29, 1.82) is 0 Å². The van der Waals surface area contributed by atoms with E-state index in [9.17, 15) is 9.59 Å². The number of rotatable bonds is 3. The van der Waals surface area contributed by atoms with Crippen molar-refractivity contribution in [3.05, 3.63) is 22.1 Å². The number of carbonyl (C=O) groups excluding carboxylic acids is 2. The molecule has 0 radical (unpaired) electrons. The number of nitrogens with two attached hydrogens (primary N) is 1. The zero-order chi connectivity index (χ0) is 12.4. The highest BCUT2D eigenvalue weighted by molar-refractivity contribution is 7.14. The smallest absolute Gasteiger partial charge is 0.276 e. The third-order valence-corrected chi connectivity index (χ3v) is 3.27. The lowest BCUT2D eigenvalue weighted by atomic mass is 10.4. The summed E-state index contributed by atoms with van der Waals surface area (Å²) >= 11 is 2.38. The Bertz CT molecular complexity index is 575. The third-order valence-electron chi connectivity index (χ3n) is 1.84. The first-order valence-electron chi connectivity index (χ1n) is 4.55. The summed E-state index contributed by atoms with van der Waals surface area (Å²) in [5, 5.41) is 6.40. The highest BCUT2D eigenvalue weighted by atomic mass is 32.1. The van der Waals surface area contributed by atoms with Gasteiger partial charge < -0.3 is 5.73 Å². The molecule has 0 aliphatic carbocycles. The van der Waals surface area contributed by atoms with Crippen molar-refractivity contribution >= 4 is 44.6 Å². The fraction of sp³-hybridized carbons (Fsp3) is 0.111. The number of amides is 1. The first-order chi connectivity index (χ1) is 8.06.